The van der Waals surface area contributed by atoms with Crippen molar-refractivity contribution in [3.8, 4) is 0 Å². The lowest BCUT2D eigenvalue weighted by Crippen LogP contribution is -2.33. The molecule has 5 rings (SSSR count). The van der Waals surface area contributed by atoms with Crippen LogP contribution in [0, 0.1) is 5.41 Å². The molecule has 2 aromatic carbocycles. The Hall–Kier alpha value is -1.29. The highest BCUT2D eigenvalue weighted by molar-refractivity contribution is 7.98. The molecule has 1 N–H and O–H groups in total. The summed E-state index contributed by atoms with van der Waals surface area (Å²) in [5.74, 6) is 0. The number of hydrogen-bond acceptors (Lipinski definition) is 3. The number of aliphatic hydroxyl groups excluding tert-OH is 1. The van der Waals surface area contributed by atoms with Crippen LogP contribution < -0.4 is 0 Å². The number of thioether (sulfide) groups is 1. The Morgan fingerprint density at radius 2 is 1.85 bits per heavy atom. The topological polar surface area (TPSA) is 29.5 Å². The maximum Gasteiger partial charge on any atom is 0.0980 e. The Bertz CT molecular complexity index is 811. The van der Waals surface area contributed by atoms with Gasteiger partial charge in [0.25, 0.3) is 0 Å². The van der Waals surface area contributed by atoms with Crippen LogP contribution in [0.25, 0.3) is 0 Å². The largest absolute Gasteiger partial charge is 0.390 e. The van der Waals surface area contributed by atoms with Crippen LogP contribution in [0.3, 0.4) is 0 Å². The van der Waals surface area contributed by atoms with Gasteiger partial charge < -0.3 is 9.84 Å². The summed E-state index contributed by atoms with van der Waals surface area (Å²) >= 11 is 1.78. The van der Waals surface area contributed by atoms with Gasteiger partial charge in [0, 0.05) is 11.3 Å². The van der Waals surface area contributed by atoms with Gasteiger partial charge in [-0.3, -0.25) is 0 Å². The van der Waals surface area contributed by atoms with Gasteiger partial charge in [0.15, 0.2) is 0 Å². The third-order valence-electron chi connectivity index (χ3n) is 6.50. The summed E-state index contributed by atoms with van der Waals surface area (Å²) in [7, 11) is 0. The van der Waals surface area contributed by atoms with Crippen molar-refractivity contribution in [2.45, 2.75) is 61.2 Å². The van der Waals surface area contributed by atoms with Crippen molar-refractivity contribution in [2.75, 3.05) is 6.26 Å². The molecule has 2 nitrogen and oxygen atoms in total. The molecule has 2 aromatic rings. The second-order valence-corrected chi connectivity index (χ2v) is 9.42. The predicted molar refractivity (Wildman–Crippen MR) is 106 cm³/mol. The summed E-state index contributed by atoms with van der Waals surface area (Å²) in [4.78, 5) is 1.31. The van der Waals surface area contributed by atoms with Gasteiger partial charge in [0.1, 0.15) is 0 Å². The molecule has 0 unspecified atom stereocenters. The Morgan fingerprint density at radius 1 is 1.08 bits per heavy atom. The zero-order valence-electron chi connectivity index (χ0n) is 15.3. The van der Waals surface area contributed by atoms with E-state index in [1.807, 2.05) is 0 Å². The molecule has 3 fully saturated rings. The lowest BCUT2D eigenvalue weighted by molar-refractivity contribution is -0.115. The summed E-state index contributed by atoms with van der Waals surface area (Å²) < 4.78 is 6.44. The van der Waals surface area contributed by atoms with Crippen LogP contribution in [-0.2, 0) is 11.2 Å². The van der Waals surface area contributed by atoms with Gasteiger partial charge in [0.2, 0.25) is 0 Å². The first-order valence-corrected chi connectivity index (χ1v) is 10.9. The van der Waals surface area contributed by atoms with Crippen LogP contribution in [-0.4, -0.2) is 23.1 Å². The van der Waals surface area contributed by atoms with Crippen LogP contribution in [0.5, 0.6) is 0 Å². The molecule has 1 saturated heterocycles. The third kappa shape index (κ3) is 3.11. The zero-order valence-corrected chi connectivity index (χ0v) is 16.1. The summed E-state index contributed by atoms with van der Waals surface area (Å²) in [5, 5.41) is 10.1. The van der Waals surface area contributed by atoms with Crippen molar-refractivity contribution in [3.05, 3.63) is 65.2 Å². The molecule has 3 heteroatoms. The average Bonchev–Trinajstić information content (AvgIpc) is 3.54. The van der Waals surface area contributed by atoms with Crippen LogP contribution in [0.4, 0.5) is 0 Å². The van der Waals surface area contributed by atoms with Gasteiger partial charge in [-0.15, -0.1) is 11.8 Å². The Labute approximate surface area is 160 Å². The molecular weight excluding hydrogens is 340 g/mol. The van der Waals surface area contributed by atoms with Crippen molar-refractivity contribution < 1.29 is 9.84 Å². The zero-order chi connectivity index (χ0) is 17.8. The number of hydrogen-bond donors (Lipinski definition) is 1. The fourth-order valence-electron chi connectivity index (χ4n) is 4.68. The molecule has 136 valence electrons. The Balaban J connectivity index is 1.36. The number of benzene rings is 2. The van der Waals surface area contributed by atoms with Crippen LogP contribution >= 0.6 is 11.8 Å². The van der Waals surface area contributed by atoms with E-state index >= 15 is 0 Å². The summed E-state index contributed by atoms with van der Waals surface area (Å²) in [5.41, 5.74) is 4.18. The highest BCUT2D eigenvalue weighted by Gasteiger charge is 2.65. The average molecular weight is 367 g/mol. The molecule has 1 heterocycles. The summed E-state index contributed by atoms with van der Waals surface area (Å²) in [6.45, 7) is 0. The van der Waals surface area contributed by atoms with Gasteiger partial charge in [-0.1, -0.05) is 36.4 Å². The number of aliphatic hydroxyl groups is 1. The van der Waals surface area contributed by atoms with Gasteiger partial charge in [-0.05, 0) is 72.6 Å². The SMILES string of the molecule is CSc1ccc(Cc2cccc([C@H]3CC4(CC4)C[C@@]4(C[C@@H]4O)O3)c2)cc1. The van der Waals surface area contributed by atoms with Gasteiger partial charge in [-0.2, -0.15) is 0 Å². The quantitative estimate of drug-likeness (QED) is 0.760. The number of rotatable bonds is 4. The molecule has 2 saturated carbocycles. The van der Waals surface area contributed by atoms with E-state index in [9.17, 15) is 5.11 Å². The smallest absolute Gasteiger partial charge is 0.0980 e. The molecule has 2 spiro atoms. The molecule has 2 aliphatic carbocycles. The molecule has 0 radical (unpaired) electrons. The van der Waals surface area contributed by atoms with E-state index in [0.717, 1.165) is 25.7 Å². The monoisotopic (exact) mass is 366 g/mol. The fourth-order valence-corrected chi connectivity index (χ4v) is 5.09. The van der Waals surface area contributed by atoms with Crippen molar-refractivity contribution in [2.24, 2.45) is 5.41 Å². The second-order valence-electron chi connectivity index (χ2n) is 8.54. The van der Waals surface area contributed by atoms with Crippen molar-refractivity contribution in [1.29, 1.82) is 0 Å². The Kier molecular flexibility index (Phi) is 3.97. The minimum absolute atomic E-state index is 0.141. The molecule has 1 aliphatic heterocycles. The third-order valence-corrected chi connectivity index (χ3v) is 7.25. The fraction of sp³-hybridized carbons (Fsp3) is 0.478. The highest BCUT2D eigenvalue weighted by atomic mass is 32.2. The predicted octanol–water partition coefficient (Wildman–Crippen LogP) is 5.13. The highest BCUT2D eigenvalue weighted by Crippen LogP contribution is 2.66. The molecular formula is C23H26O2S. The van der Waals surface area contributed by atoms with Gasteiger partial charge in [0.05, 0.1) is 17.8 Å². The van der Waals surface area contributed by atoms with Crippen LogP contribution in [0.1, 0.15) is 54.9 Å². The van der Waals surface area contributed by atoms with Crippen molar-refractivity contribution in [3.63, 3.8) is 0 Å². The second kappa shape index (κ2) is 6.12. The minimum atomic E-state index is -0.249. The standard InChI is InChI=1S/C23H26O2S/c1-26-19-7-5-16(6-8-19)11-17-3-2-4-18(12-17)20-13-22(9-10-22)15-23(25-20)14-21(23)24/h2-8,12,20-21,24H,9-11,13-15H2,1H3/t20-,21+,23-/m1/s1. The Morgan fingerprint density at radius 3 is 2.50 bits per heavy atom. The van der Waals surface area contributed by atoms with Crippen LogP contribution in [0.15, 0.2) is 53.4 Å². The maximum atomic E-state index is 10.1. The van der Waals surface area contributed by atoms with E-state index in [2.05, 4.69) is 54.8 Å². The van der Waals surface area contributed by atoms with E-state index in [1.165, 1.54) is 34.4 Å². The van der Waals surface area contributed by atoms with E-state index in [-0.39, 0.29) is 17.8 Å². The first-order valence-electron chi connectivity index (χ1n) is 9.68. The molecule has 0 bridgehead atoms. The molecule has 0 aromatic heterocycles. The minimum Gasteiger partial charge on any atom is -0.390 e. The molecule has 3 atom stereocenters. The van der Waals surface area contributed by atoms with Crippen molar-refractivity contribution in [1.82, 2.24) is 0 Å². The first kappa shape index (κ1) is 16.9. The van der Waals surface area contributed by atoms with Crippen LogP contribution in [0.2, 0.25) is 0 Å². The first-order chi connectivity index (χ1) is 12.6. The van der Waals surface area contributed by atoms with Crippen molar-refractivity contribution >= 4 is 11.8 Å². The molecule has 26 heavy (non-hydrogen) atoms. The van der Waals surface area contributed by atoms with Gasteiger partial charge >= 0.3 is 0 Å². The van der Waals surface area contributed by atoms with E-state index < -0.39 is 0 Å². The molecule has 0 amide bonds. The van der Waals surface area contributed by atoms with Gasteiger partial charge in [-0.25, -0.2) is 0 Å². The lowest BCUT2D eigenvalue weighted by atomic mass is 9.84. The maximum absolute atomic E-state index is 10.1. The summed E-state index contributed by atoms with van der Waals surface area (Å²) in [6.07, 6.45) is 8.58. The number of ether oxygens (including phenoxy) is 1. The van der Waals surface area contributed by atoms with E-state index in [4.69, 9.17) is 4.74 Å². The van der Waals surface area contributed by atoms with E-state index in [0.29, 0.717) is 5.41 Å². The van der Waals surface area contributed by atoms with E-state index in [1.54, 1.807) is 11.8 Å². The lowest BCUT2D eigenvalue weighted by Gasteiger charge is -2.37. The molecule has 3 aliphatic rings. The normalized spacial score (nSPS) is 31.3. The summed E-state index contributed by atoms with van der Waals surface area (Å²) in [6, 6.07) is 17.7.